The van der Waals surface area contributed by atoms with E-state index in [0.717, 1.165) is 43.5 Å². The molecule has 1 aliphatic carbocycles. The highest BCUT2D eigenvalue weighted by Crippen LogP contribution is 2.28. The van der Waals surface area contributed by atoms with Crippen molar-refractivity contribution in [2.75, 3.05) is 25.0 Å². The zero-order valence-electron chi connectivity index (χ0n) is 17.1. The molecule has 1 N–H and O–H groups in total. The van der Waals surface area contributed by atoms with Crippen LogP contribution in [0.25, 0.3) is 0 Å². The van der Waals surface area contributed by atoms with Gasteiger partial charge in [0.25, 0.3) is 0 Å². The molecule has 0 radical (unpaired) electrons. The van der Waals surface area contributed by atoms with Crippen LogP contribution in [0.3, 0.4) is 0 Å². The van der Waals surface area contributed by atoms with Gasteiger partial charge in [0, 0.05) is 30.8 Å². The fourth-order valence-electron chi connectivity index (χ4n) is 4.34. The zero-order valence-corrected chi connectivity index (χ0v) is 17.1. The second kappa shape index (κ2) is 12.0. The van der Waals surface area contributed by atoms with Crippen molar-refractivity contribution in [2.24, 2.45) is 10.9 Å². The van der Waals surface area contributed by atoms with Crippen molar-refractivity contribution >= 4 is 11.6 Å². The van der Waals surface area contributed by atoms with Crippen LogP contribution < -0.4 is 5.32 Å². The summed E-state index contributed by atoms with van der Waals surface area (Å²) < 4.78 is 5.62. The number of hydrogen-bond acceptors (Lipinski definition) is 3. The van der Waals surface area contributed by atoms with Crippen molar-refractivity contribution in [1.29, 1.82) is 0 Å². The second-order valence-electron chi connectivity index (χ2n) is 8.31. The monoisotopic (exact) mass is 370 g/mol. The Labute approximate surface area is 166 Å². The minimum atomic E-state index is 0.791. The van der Waals surface area contributed by atoms with E-state index in [1.807, 2.05) is 0 Å². The Bertz CT molecular complexity index is 546. The van der Waals surface area contributed by atoms with Gasteiger partial charge in [0.1, 0.15) is 0 Å². The number of nitrogens with zero attached hydrogens (tertiary/aromatic N) is 1. The molecule has 3 nitrogen and oxygen atoms in total. The van der Waals surface area contributed by atoms with E-state index in [9.17, 15) is 0 Å². The lowest BCUT2D eigenvalue weighted by Crippen LogP contribution is -2.14. The topological polar surface area (TPSA) is 33.6 Å². The highest BCUT2D eigenvalue weighted by atomic mass is 16.5. The summed E-state index contributed by atoms with van der Waals surface area (Å²) in [6, 6.07) is 8.50. The molecule has 1 saturated carbocycles. The zero-order chi connectivity index (χ0) is 18.6. The fraction of sp³-hybridized carbons (Fsp3) is 0.708. The number of anilines is 1. The first-order valence-electron chi connectivity index (χ1n) is 11.4. The maximum Gasteiger partial charge on any atom is 0.216 e. The number of unbranched alkanes of at least 4 members (excludes halogenated alkanes) is 5. The van der Waals surface area contributed by atoms with Crippen LogP contribution in [0.1, 0.15) is 89.0 Å². The van der Waals surface area contributed by atoms with E-state index in [0.29, 0.717) is 0 Å². The van der Waals surface area contributed by atoms with Gasteiger partial charge in [-0.2, -0.15) is 0 Å². The number of nitrogens with one attached hydrogen (secondary N) is 1. The third-order valence-corrected chi connectivity index (χ3v) is 6.02. The first kappa shape index (κ1) is 20.2. The van der Waals surface area contributed by atoms with Crippen LogP contribution in [0.2, 0.25) is 0 Å². The number of hydrogen-bond donors (Lipinski definition) is 1. The highest BCUT2D eigenvalue weighted by molar-refractivity contribution is 5.94. The molecule has 3 heteroatoms. The predicted molar refractivity (Wildman–Crippen MR) is 116 cm³/mol. The van der Waals surface area contributed by atoms with Gasteiger partial charge in [0.05, 0.1) is 6.61 Å². The van der Waals surface area contributed by atoms with Gasteiger partial charge in [-0.05, 0) is 36.6 Å². The Balaban J connectivity index is 1.18. The van der Waals surface area contributed by atoms with Gasteiger partial charge in [-0.1, -0.05) is 70.6 Å². The molecular formula is C24H38N2O. The molecule has 1 aliphatic heterocycles. The van der Waals surface area contributed by atoms with Crippen LogP contribution in [0, 0.1) is 5.92 Å². The normalized spacial score (nSPS) is 18.0. The first-order chi connectivity index (χ1) is 13.4. The summed E-state index contributed by atoms with van der Waals surface area (Å²) >= 11 is 0. The van der Waals surface area contributed by atoms with Crippen LogP contribution in [0.5, 0.6) is 0 Å². The smallest absolute Gasteiger partial charge is 0.216 e. The van der Waals surface area contributed by atoms with Crippen LogP contribution >= 0.6 is 0 Å². The summed E-state index contributed by atoms with van der Waals surface area (Å²) in [6.07, 6.45) is 18.3. The van der Waals surface area contributed by atoms with Gasteiger partial charge in [-0.25, -0.2) is 0 Å². The summed E-state index contributed by atoms with van der Waals surface area (Å²) in [5.41, 5.74) is 2.29. The van der Waals surface area contributed by atoms with Crippen LogP contribution in [0.4, 0.5) is 5.69 Å². The number of ether oxygens (including phenoxy) is 1. The van der Waals surface area contributed by atoms with Crippen molar-refractivity contribution < 1.29 is 4.74 Å². The summed E-state index contributed by atoms with van der Waals surface area (Å²) in [7, 11) is 0. The Kier molecular flexibility index (Phi) is 9.03. The van der Waals surface area contributed by atoms with Crippen LogP contribution in [-0.2, 0) is 4.74 Å². The maximum atomic E-state index is 5.62. The van der Waals surface area contributed by atoms with Crippen molar-refractivity contribution in [3.8, 4) is 0 Å². The molecule has 150 valence electrons. The Hall–Kier alpha value is -1.51. The number of benzene rings is 1. The minimum absolute atomic E-state index is 0.791. The summed E-state index contributed by atoms with van der Waals surface area (Å²) in [5.74, 6) is 1.86. The van der Waals surface area contributed by atoms with E-state index in [1.54, 1.807) is 0 Å². The lowest BCUT2D eigenvalue weighted by atomic mass is 9.85. The van der Waals surface area contributed by atoms with Crippen molar-refractivity contribution in [3.63, 3.8) is 0 Å². The van der Waals surface area contributed by atoms with Gasteiger partial charge in [0.2, 0.25) is 5.90 Å². The summed E-state index contributed by atoms with van der Waals surface area (Å²) in [4.78, 5) is 4.45. The molecule has 0 atom stereocenters. The summed E-state index contributed by atoms with van der Waals surface area (Å²) in [6.45, 7) is 2.74. The van der Waals surface area contributed by atoms with Gasteiger partial charge >= 0.3 is 0 Å². The molecule has 1 aromatic carbocycles. The molecule has 27 heavy (non-hydrogen) atoms. The standard InChI is InChI=1S/C24H38N2O/c1(3-6-11-21-12-7-5-8-13-21)2-4-9-18-25-23-16-14-22(15-17-23)24-26-19-10-20-27-24/h14-17,21,25H,1-13,18-20H2. The lowest BCUT2D eigenvalue weighted by Gasteiger charge is -2.21. The molecule has 0 unspecified atom stereocenters. The lowest BCUT2D eigenvalue weighted by molar-refractivity contribution is 0.284. The molecule has 0 bridgehead atoms. The second-order valence-corrected chi connectivity index (χ2v) is 8.31. The fourth-order valence-corrected chi connectivity index (χ4v) is 4.34. The van der Waals surface area contributed by atoms with E-state index in [2.05, 4.69) is 34.6 Å². The van der Waals surface area contributed by atoms with E-state index in [1.165, 1.54) is 82.7 Å². The summed E-state index contributed by atoms with van der Waals surface area (Å²) in [5, 5.41) is 3.54. The van der Waals surface area contributed by atoms with Gasteiger partial charge in [0.15, 0.2) is 0 Å². The largest absolute Gasteiger partial charge is 0.477 e. The highest BCUT2D eigenvalue weighted by Gasteiger charge is 2.12. The van der Waals surface area contributed by atoms with E-state index in [-0.39, 0.29) is 0 Å². The van der Waals surface area contributed by atoms with Gasteiger partial charge in [-0.15, -0.1) is 0 Å². The minimum Gasteiger partial charge on any atom is -0.477 e. The average Bonchev–Trinajstić information content (AvgIpc) is 2.74. The van der Waals surface area contributed by atoms with E-state index >= 15 is 0 Å². The molecule has 1 fully saturated rings. The molecule has 1 aromatic rings. The molecule has 2 aliphatic rings. The van der Waals surface area contributed by atoms with Crippen LogP contribution in [0.15, 0.2) is 29.3 Å². The molecule has 3 rings (SSSR count). The number of aliphatic imine (C=N–C) groups is 1. The molecule has 0 amide bonds. The molecule has 0 spiro atoms. The predicted octanol–water partition coefficient (Wildman–Crippen LogP) is 6.58. The molecular weight excluding hydrogens is 332 g/mol. The van der Waals surface area contributed by atoms with Crippen molar-refractivity contribution in [1.82, 2.24) is 0 Å². The van der Waals surface area contributed by atoms with Crippen LogP contribution in [-0.4, -0.2) is 25.6 Å². The van der Waals surface area contributed by atoms with E-state index in [4.69, 9.17) is 4.74 Å². The quantitative estimate of drug-likeness (QED) is 0.447. The van der Waals surface area contributed by atoms with Crippen molar-refractivity contribution in [2.45, 2.75) is 83.5 Å². The first-order valence-corrected chi connectivity index (χ1v) is 11.4. The maximum absolute atomic E-state index is 5.62. The third kappa shape index (κ3) is 7.56. The Morgan fingerprint density at radius 2 is 1.59 bits per heavy atom. The Morgan fingerprint density at radius 3 is 2.33 bits per heavy atom. The average molecular weight is 371 g/mol. The van der Waals surface area contributed by atoms with Crippen molar-refractivity contribution in [3.05, 3.63) is 29.8 Å². The Morgan fingerprint density at radius 1 is 0.852 bits per heavy atom. The molecule has 1 heterocycles. The molecule has 0 aromatic heterocycles. The third-order valence-electron chi connectivity index (χ3n) is 6.02. The van der Waals surface area contributed by atoms with Gasteiger partial charge in [-0.3, -0.25) is 4.99 Å². The van der Waals surface area contributed by atoms with E-state index < -0.39 is 0 Å². The SMILES string of the molecule is c1cc(C2=NCCCO2)ccc1NCCCCCCCCC1CCCCC1. The molecule has 0 saturated heterocycles. The van der Waals surface area contributed by atoms with Gasteiger partial charge < -0.3 is 10.1 Å². The number of rotatable bonds is 11.